The molecule has 1 aliphatic rings. The molecule has 246 valence electrons. The number of rotatable bonds is 9. The van der Waals surface area contributed by atoms with Crippen molar-refractivity contribution in [3.05, 3.63) is 53.6 Å². The first kappa shape index (κ1) is 35.4. The lowest BCUT2D eigenvalue weighted by Crippen LogP contribution is -2.57. The molecule has 1 aromatic carbocycles. The second kappa shape index (κ2) is 16.9. The fourth-order valence-corrected chi connectivity index (χ4v) is 5.13. The van der Waals surface area contributed by atoms with Gasteiger partial charge in [0.25, 0.3) is 0 Å². The number of amides is 4. The largest absolute Gasteiger partial charge is 0.497 e. The second-order valence-corrected chi connectivity index (χ2v) is 12.4. The van der Waals surface area contributed by atoms with Crippen molar-refractivity contribution in [3.8, 4) is 5.75 Å². The minimum absolute atomic E-state index is 0.0194. The van der Waals surface area contributed by atoms with Crippen LogP contribution in [-0.4, -0.2) is 82.9 Å². The summed E-state index contributed by atoms with van der Waals surface area (Å²) in [6.07, 6.45) is 2.94. The van der Waals surface area contributed by atoms with Gasteiger partial charge in [-0.2, -0.15) is 0 Å². The third-order valence-electron chi connectivity index (χ3n) is 7.76. The van der Waals surface area contributed by atoms with Gasteiger partial charge in [-0.15, -0.1) is 0 Å². The number of methoxy groups -OCH3 is 1. The van der Waals surface area contributed by atoms with Gasteiger partial charge in [-0.3, -0.25) is 24.1 Å². The van der Waals surface area contributed by atoms with Crippen molar-refractivity contribution < 1.29 is 23.9 Å². The van der Waals surface area contributed by atoms with E-state index >= 15 is 0 Å². The van der Waals surface area contributed by atoms with Gasteiger partial charge in [0.2, 0.25) is 23.6 Å². The molecule has 45 heavy (non-hydrogen) atoms. The minimum Gasteiger partial charge on any atom is -0.497 e. The fourth-order valence-electron chi connectivity index (χ4n) is 5.13. The molecule has 0 bridgehead atoms. The highest BCUT2D eigenvalue weighted by Gasteiger charge is 2.31. The predicted molar refractivity (Wildman–Crippen MR) is 171 cm³/mol. The van der Waals surface area contributed by atoms with E-state index in [1.807, 2.05) is 57.7 Å². The Balaban J connectivity index is 1.95. The smallest absolute Gasteiger partial charge is 0.243 e. The Labute approximate surface area is 266 Å². The van der Waals surface area contributed by atoms with E-state index in [2.05, 4.69) is 31.2 Å². The number of hydrogen-bond donors (Lipinski definition) is 4. The number of hydrogen-bond acceptors (Lipinski definition) is 8. The summed E-state index contributed by atoms with van der Waals surface area (Å²) in [4.78, 5) is 64.9. The number of aromatic nitrogens is 2. The number of ether oxygens (including phenoxy) is 1. The van der Waals surface area contributed by atoms with Gasteiger partial charge >= 0.3 is 0 Å². The fraction of sp³-hybridized carbons (Fsp3) is 0.576. The lowest BCUT2D eigenvalue weighted by molar-refractivity contribution is -0.133. The maximum absolute atomic E-state index is 13.7. The van der Waals surface area contributed by atoms with Crippen LogP contribution in [0.15, 0.2) is 36.5 Å². The van der Waals surface area contributed by atoms with Gasteiger partial charge in [0.1, 0.15) is 29.7 Å². The third kappa shape index (κ3) is 11.1. The number of nitrogens with zero attached hydrogens (tertiary/aromatic N) is 3. The molecule has 1 aromatic heterocycles. The van der Waals surface area contributed by atoms with Crippen LogP contribution in [-0.2, 0) is 38.6 Å². The Bertz CT molecular complexity index is 1300. The highest BCUT2D eigenvalue weighted by atomic mass is 16.5. The number of nitrogens with one attached hydrogen (secondary N) is 4. The third-order valence-corrected chi connectivity index (χ3v) is 7.76. The van der Waals surface area contributed by atoms with Crippen LogP contribution in [0.4, 0.5) is 0 Å². The molecular formula is C33H49N7O5. The average Bonchev–Trinajstić information content (AvgIpc) is 2.99. The lowest BCUT2D eigenvalue weighted by Gasteiger charge is -2.31. The first-order valence-corrected chi connectivity index (χ1v) is 15.7. The number of carbonyl (C=O) groups excluding carboxylic acids is 4. The highest BCUT2D eigenvalue weighted by molar-refractivity contribution is 5.94. The maximum atomic E-state index is 13.7. The average molecular weight is 624 g/mol. The van der Waals surface area contributed by atoms with Crippen molar-refractivity contribution in [2.75, 3.05) is 20.2 Å². The van der Waals surface area contributed by atoms with Gasteiger partial charge in [0.05, 0.1) is 19.3 Å². The molecule has 12 heteroatoms. The molecule has 4 N–H and O–H groups in total. The van der Waals surface area contributed by atoms with Crippen LogP contribution in [0, 0.1) is 11.8 Å². The molecule has 4 amide bonds. The van der Waals surface area contributed by atoms with Gasteiger partial charge in [0.15, 0.2) is 0 Å². The van der Waals surface area contributed by atoms with Crippen LogP contribution in [0.25, 0.3) is 0 Å². The molecule has 0 aliphatic carbocycles. The molecule has 3 rings (SSSR count). The van der Waals surface area contributed by atoms with Gasteiger partial charge in [-0.05, 0) is 48.9 Å². The van der Waals surface area contributed by atoms with Crippen LogP contribution < -0.4 is 26.0 Å². The van der Waals surface area contributed by atoms with E-state index in [-0.39, 0.29) is 42.7 Å². The van der Waals surface area contributed by atoms with Crippen molar-refractivity contribution >= 4 is 23.6 Å². The van der Waals surface area contributed by atoms with Crippen LogP contribution in [0.3, 0.4) is 0 Å². The topological polar surface area (TPSA) is 155 Å². The van der Waals surface area contributed by atoms with E-state index in [9.17, 15) is 19.2 Å². The van der Waals surface area contributed by atoms with Crippen molar-refractivity contribution in [3.63, 3.8) is 0 Å². The van der Waals surface area contributed by atoms with Crippen molar-refractivity contribution in [1.82, 2.24) is 36.1 Å². The number of aryl methyl sites for hydroxylation is 1. The zero-order valence-corrected chi connectivity index (χ0v) is 27.6. The van der Waals surface area contributed by atoms with Crippen LogP contribution in [0.2, 0.25) is 0 Å². The molecule has 0 radical (unpaired) electrons. The Hall–Kier alpha value is -4.06. The molecule has 1 saturated heterocycles. The summed E-state index contributed by atoms with van der Waals surface area (Å²) in [6.45, 7) is 12.2. The van der Waals surface area contributed by atoms with E-state index < -0.39 is 29.9 Å². The zero-order chi connectivity index (χ0) is 33.1. The zero-order valence-electron chi connectivity index (χ0n) is 27.6. The van der Waals surface area contributed by atoms with Crippen LogP contribution >= 0.6 is 0 Å². The highest BCUT2D eigenvalue weighted by Crippen LogP contribution is 2.15. The Morgan fingerprint density at radius 3 is 2.22 bits per heavy atom. The second-order valence-electron chi connectivity index (χ2n) is 12.4. The normalized spacial score (nSPS) is 22.6. The van der Waals surface area contributed by atoms with Crippen molar-refractivity contribution in [2.24, 2.45) is 11.8 Å². The van der Waals surface area contributed by atoms with Crippen LogP contribution in [0.1, 0.15) is 65.0 Å². The van der Waals surface area contributed by atoms with Crippen molar-refractivity contribution in [2.45, 2.75) is 91.5 Å². The first-order valence-electron chi connectivity index (χ1n) is 15.7. The first-order chi connectivity index (χ1) is 21.4. The van der Waals surface area contributed by atoms with E-state index in [0.717, 1.165) is 11.3 Å². The summed E-state index contributed by atoms with van der Waals surface area (Å²) in [6, 6.07) is 5.96. The molecular weight excluding hydrogens is 574 g/mol. The molecule has 1 aliphatic heterocycles. The van der Waals surface area contributed by atoms with Gasteiger partial charge in [-0.1, -0.05) is 46.8 Å². The molecule has 1 fully saturated rings. The Kier molecular flexibility index (Phi) is 13.3. The number of carbonyl (C=O) groups is 4. The molecule has 0 saturated carbocycles. The quantitative estimate of drug-likeness (QED) is 0.330. The molecule has 2 heterocycles. The maximum Gasteiger partial charge on any atom is 0.243 e. The summed E-state index contributed by atoms with van der Waals surface area (Å²) < 4.78 is 5.24. The van der Waals surface area contributed by atoms with E-state index in [1.54, 1.807) is 32.4 Å². The van der Waals surface area contributed by atoms with Gasteiger partial charge in [0, 0.05) is 38.2 Å². The number of benzene rings is 1. The summed E-state index contributed by atoms with van der Waals surface area (Å²) in [5.74, 6) is -0.178. The van der Waals surface area contributed by atoms with Gasteiger partial charge < -0.3 is 26.0 Å². The SMILES string of the molecule is CCc1nccc(CN2CC(=O)N[C@@H](CC(C)C)C(=O)N[C@@H](Cc3ccc(OC)cc3)C(=O)N[C@H](C)C(=O)N[C@@H](C(C)C)C2)n1. The monoisotopic (exact) mass is 623 g/mol. The molecule has 0 unspecified atom stereocenters. The summed E-state index contributed by atoms with van der Waals surface area (Å²) >= 11 is 0. The van der Waals surface area contributed by atoms with Crippen molar-refractivity contribution in [1.29, 1.82) is 0 Å². The molecule has 4 atom stereocenters. The van der Waals surface area contributed by atoms with Gasteiger partial charge in [-0.25, -0.2) is 9.97 Å². The predicted octanol–water partition coefficient (Wildman–Crippen LogP) is 1.77. The molecule has 2 aromatic rings. The Morgan fingerprint density at radius 1 is 0.911 bits per heavy atom. The summed E-state index contributed by atoms with van der Waals surface area (Å²) in [7, 11) is 1.57. The lowest BCUT2D eigenvalue weighted by atomic mass is 10.0. The minimum atomic E-state index is -0.985. The van der Waals surface area contributed by atoms with Crippen LogP contribution in [0.5, 0.6) is 5.75 Å². The molecule has 0 spiro atoms. The standard InChI is InChI=1S/C33H49N7O5/c1-8-29-34-14-13-24(36-29)17-40-18-28(21(4)5)39-31(42)22(6)35-32(43)27(16-23-9-11-25(45-7)12-10-23)38-33(44)26(15-20(2)3)37-30(41)19-40/h9-14,20-22,26-28H,8,15-19H2,1-7H3,(H,35,43)(H,37,41)(H,38,44)(H,39,42)/t22-,26+,27+,28-/m1/s1. The molecule has 12 nitrogen and oxygen atoms in total. The van der Waals surface area contributed by atoms with E-state index in [1.165, 1.54) is 0 Å². The van der Waals surface area contributed by atoms with E-state index in [0.29, 0.717) is 37.5 Å². The van der Waals surface area contributed by atoms with E-state index in [4.69, 9.17) is 4.74 Å². The Morgan fingerprint density at radius 2 is 1.60 bits per heavy atom. The summed E-state index contributed by atoms with van der Waals surface area (Å²) in [5, 5.41) is 11.6. The summed E-state index contributed by atoms with van der Waals surface area (Å²) in [5.41, 5.74) is 1.54.